The first kappa shape index (κ1) is 15.7. The summed E-state index contributed by atoms with van der Waals surface area (Å²) in [6, 6.07) is 5.68. The molecule has 0 unspecified atom stereocenters. The normalized spacial score (nSPS) is 29.0. The number of piperidine rings is 1. The number of amides is 1. The largest absolute Gasteiger partial charge is 0.454 e. The Bertz CT molecular complexity index is 619. The van der Waals surface area contributed by atoms with E-state index >= 15 is 0 Å². The Hall–Kier alpha value is -1.79. The van der Waals surface area contributed by atoms with Crippen LogP contribution in [0.4, 0.5) is 0 Å². The maximum atomic E-state index is 12.3. The molecule has 2 saturated heterocycles. The summed E-state index contributed by atoms with van der Waals surface area (Å²) < 4.78 is 10.8. The second-order valence-corrected chi connectivity index (χ2v) is 7.11. The van der Waals surface area contributed by atoms with E-state index in [1.54, 1.807) is 0 Å². The SMILES string of the molecule is O=C(C[NH+]1CCC(O)(c2ccc3c(c2)OCO3)CC1)N1CCCC1. The lowest BCUT2D eigenvalue weighted by Gasteiger charge is -2.36. The summed E-state index contributed by atoms with van der Waals surface area (Å²) in [5.74, 6) is 1.71. The van der Waals surface area contributed by atoms with Gasteiger partial charge in [-0.15, -0.1) is 0 Å². The third kappa shape index (κ3) is 2.96. The van der Waals surface area contributed by atoms with Crippen molar-refractivity contribution in [3.8, 4) is 11.5 Å². The highest BCUT2D eigenvalue weighted by molar-refractivity contribution is 5.77. The zero-order valence-electron chi connectivity index (χ0n) is 13.9. The van der Waals surface area contributed by atoms with Crippen molar-refractivity contribution < 1.29 is 24.3 Å². The molecular formula is C18H25N2O4+. The van der Waals surface area contributed by atoms with Gasteiger partial charge in [0.1, 0.15) is 5.60 Å². The molecule has 6 heteroatoms. The van der Waals surface area contributed by atoms with Gasteiger partial charge in [0.25, 0.3) is 5.91 Å². The monoisotopic (exact) mass is 333 g/mol. The molecule has 24 heavy (non-hydrogen) atoms. The maximum Gasteiger partial charge on any atom is 0.277 e. The summed E-state index contributed by atoms with van der Waals surface area (Å²) in [5, 5.41) is 11.0. The number of hydrogen-bond acceptors (Lipinski definition) is 4. The lowest BCUT2D eigenvalue weighted by molar-refractivity contribution is -0.900. The van der Waals surface area contributed by atoms with E-state index < -0.39 is 5.60 Å². The number of aliphatic hydroxyl groups is 1. The number of benzene rings is 1. The Kier molecular flexibility index (Phi) is 4.10. The average molecular weight is 333 g/mol. The third-order valence-corrected chi connectivity index (χ3v) is 5.55. The molecule has 4 rings (SSSR count). The number of hydrogen-bond donors (Lipinski definition) is 2. The first-order valence-corrected chi connectivity index (χ1v) is 8.88. The smallest absolute Gasteiger partial charge is 0.277 e. The maximum absolute atomic E-state index is 12.3. The van der Waals surface area contributed by atoms with Crippen LogP contribution in [0.25, 0.3) is 0 Å². The van der Waals surface area contributed by atoms with Crippen LogP contribution < -0.4 is 14.4 Å². The number of fused-ring (bicyclic) bond motifs is 1. The minimum atomic E-state index is -0.832. The van der Waals surface area contributed by atoms with E-state index in [2.05, 4.69) is 0 Å². The van der Waals surface area contributed by atoms with Crippen molar-refractivity contribution in [3.63, 3.8) is 0 Å². The fraction of sp³-hybridized carbons (Fsp3) is 0.611. The van der Waals surface area contributed by atoms with Gasteiger partial charge in [0, 0.05) is 25.9 Å². The highest BCUT2D eigenvalue weighted by Gasteiger charge is 2.38. The molecule has 0 bridgehead atoms. The number of carbonyl (C=O) groups is 1. The zero-order chi connectivity index (χ0) is 16.6. The Morgan fingerprint density at radius 3 is 2.62 bits per heavy atom. The molecule has 1 aromatic rings. The quantitative estimate of drug-likeness (QED) is 0.811. The molecule has 6 nitrogen and oxygen atoms in total. The molecule has 0 aliphatic carbocycles. The lowest BCUT2D eigenvalue weighted by atomic mass is 9.84. The van der Waals surface area contributed by atoms with E-state index in [-0.39, 0.29) is 12.7 Å². The van der Waals surface area contributed by atoms with Crippen LogP contribution in [-0.4, -0.2) is 55.4 Å². The van der Waals surface area contributed by atoms with Crippen molar-refractivity contribution in [2.75, 3.05) is 39.5 Å². The second-order valence-electron chi connectivity index (χ2n) is 7.11. The minimum Gasteiger partial charge on any atom is -0.454 e. The number of quaternary nitrogens is 1. The zero-order valence-corrected chi connectivity index (χ0v) is 13.9. The van der Waals surface area contributed by atoms with E-state index in [9.17, 15) is 9.90 Å². The predicted octanol–water partition coefficient (Wildman–Crippen LogP) is -0.0960. The van der Waals surface area contributed by atoms with Crippen LogP contribution in [0.15, 0.2) is 18.2 Å². The standard InChI is InChI=1S/C18H24N2O4/c21-17(20-7-1-2-8-20)12-19-9-5-18(22,6-10-19)14-3-4-15-16(11-14)24-13-23-15/h3-4,11,22H,1-2,5-10,12-13H2/p+1. The molecule has 0 saturated carbocycles. The number of rotatable bonds is 3. The number of likely N-dealkylation sites (tertiary alicyclic amines) is 2. The lowest BCUT2D eigenvalue weighted by Crippen LogP contribution is -3.14. The van der Waals surface area contributed by atoms with Crippen molar-refractivity contribution in [2.24, 2.45) is 0 Å². The van der Waals surface area contributed by atoms with E-state index in [0.717, 1.165) is 50.3 Å². The molecule has 0 spiro atoms. The predicted molar refractivity (Wildman–Crippen MR) is 87.1 cm³/mol. The van der Waals surface area contributed by atoms with Gasteiger partial charge in [0.15, 0.2) is 18.0 Å². The van der Waals surface area contributed by atoms with Gasteiger partial charge in [-0.2, -0.15) is 0 Å². The highest BCUT2D eigenvalue weighted by Crippen LogP contribution is 2.38. The summed E-state index contributed by atoms with van der Waals surface area (Å²) in [6.07, 6.45) is 3.58. The van der Waals surface area contributed by atoms with Crippen LogP contribution in [0.3, 0.4) is 0 Å². The molecule has 3 aliphatic rings. The van der Waals surface area contributed by atoms with Crippen LogP contribution in [0, 0.1) is 0 Å². The number of carbonyl (C=O) groups excluding carboxylic acids is 1. The van der Waals surface area contributed by atoms with Gasteiger partial charge >= 0.3 is 0 Å². The summed E-state index contributed by atoms with van der Waals surface area (Å²) >= 11 is 0. The topological polar surface area (TPSA) is 63.4 Å². The molecule has 0 atom stereocenters. The van der Waals surface area contributed by atoms with Gasteiger partial charge in [0.2, 0.25) is 6.79 Å². The number of ether oxygens (including phenoxy) is 2. The van der Waals surface area contributed by atoms with Crippen LogP contribution in [-0.2, 0) is 10.4 Å². The molecule has 1 amide bonds. The van der Waals surface area contributed by atoms with Crippen molar-refractivity contribution in [1.29, 1.82) is 0 Å². The molecule has 0 radical (unpaired) electrons. The van der Waals surface area contributed by atoms with E-state index in [0.29, 0.717) is 25.1 Å². The summed E-state index contributed by atoms with van der Waals surface area (Å²) in [6.45, 7) is 4.24. The van der Waals surface area contributed by atoms with Gasteiger partial charge in [0.05, 0.1) is 13.1 Å². The molecule has 2 fully saturated rings. The van der Waals surface area contributed by atoms with Crippen molar-refractivity contribution >= 4 is 5.91 Å². The molecule has 3 aliphatic heterocycles. The Morgan fingerprint density at radius 1 is 1.17 bits per heavy atom. The van der Waals surface area contributed by atoms with Gasteiger partial charge in [-0.05, 0) is 30.5 Å². The first-order chi connectivity index (χ1) is 11.6. The van der Waals surface area contributed by atoms with Crippen LogP contribution in [0.5, 0.6) is 11.5 Å². The molecule has 130 valence electrons. The highest BCUT2D eigenvalue weighted by atomic mass is 16.7. The third-order valence-electron chi connectivity index (χ3n) is 5.55. The fourth-order valence-electron chi connectivity index (χ4n) is 3.96. The number of nitrogens with zero attached hydrogens (tertiary/aromatic N) is 1. The minimum absolute atomic E-state index is 0.244. The Balaban J connectivity index is 1.37. The Labute approximate surface area is 141 Å². The van der Waals surface area contributed by atoms with Crippen molar-refractivity contribution in [3.05, 3.63) is 23.8 Å². The number of nitrogens with one attached hydrogen (secondary N) is 1. The van der Waals surface area contributed by atoms with Crippen LogP contribution in [0.2, 0.25) is 0 Å². The fourth-order valence-corrected chi connectivity index (χ4v) is 3.96. The van der Waals surface area contributed by atoms with Crippen molar-refractivity contribution in [1.82, 2.24) is 4.90 Å². The summed E-state index contributed by atoms with van der Waals surface area (Å²) in [7, 11) is 0. The van der Waals surface area contributed by atoms with Crippen LogP contribution >= 0.6 is 0 Å². The molecule has 2 N–H and O–H groups in total. The Morgan fingerprint density at radius 2 is 1.88 bits per heavy atom. The molecule has 0 aromatic heterocycles. The second kappa shape index (κ2) is 6.26. The average Bonchev–Trinajstić information content (AvgIpc) is 3.28. The van der Waals surface area contributed by atoms with Crippen molar-refractivity contribution in [2.45, 2.75) is 31.3 Å². The van der Waals surface area contributed by atoms with E-state index in [4.69, 9.17) is 9.47 Å². The van der Waals surface area contributed by atoms with Gasteiger partial charge in [-0.25, -0.2) is 0 Å². The first-order valence-electron chi connectivity index (χ1n) is 8.88. The van der Waals surface area contributed by atoms with Gasteiger partial charge in [-0.3, -0.25) is 4.79 Å². The molecular weight excluding hydrogens is 308 g/mol. The van der Waals surface area contributed by atoms with Gasteiger partial charge < -0.3 is 24.4 Å². The molecule has 1 aromatic carbocycles. The van der Waals surface area contributed by atoms with Gasteiger partial charge in [-0.1, -0.05) is 6.07 Å². The van der Waals surface area contributed by atoms with E-state index in [1.165, 1.54) is 4.90 Å². The summed E-state index contributed by atoms with van der Waals surface area (Å²) in [4.78, 5) is 15.5. The van der Waals surface area contributed by atoms with Crippen LogP contribution in [0.1, 0.15) is 31.2 Å². The summed E-state index contributed by atoms with van der Waals surface area (Å²) in [5.41, 5.74) is 0.0536. The molecule has 3 heterocycles. The van der Waals surface area contributed by atoms with E-state index in [1.807, 2.05) is 23.1 Å².